The Bertz CT molecular complexity index is 1260. The standard InChI is InChI=1S/C26H24F2N4O2/c1-17-8-10-20(11-9-17)25-30-24(34-31-25)14-15-32(18(2)19-6-4-3-5-7-19)26(33)29-23-13-12-21(27)16-22(23)28/h3-13,16,18H,14-15H2,1-2H3,(H,29,33). The molecule has 2 amide bonds. The van der Waals surface area contributed by atoms with Crippen LogP contribution in [0.25, 0.3) is 11.4 Å². The van der Waals surface area contributed by atoms with Gasteiger partial charge in [0.15, 0.2) is 0 Å². The largest absolute Gasteiger partial charge is 0.339 e. The van der Waals surface area contributed by atoms with E-state index in [1.165, 1.54) is 6.07 Å². The van der Waals surface area contributed by atoms with E-state index in [1.807, 2.05) is 68.4 Å². The highest BCUT2D eigenvalue weighted by Gasteiger charge is 2.23. The first-order valence-corrected chi connectivity index (χ1v) is 10.9. The molecule has 0 spiro atoms. The minimum atomic E-state index is -0.847. The number of urea groups is 1. The summed E-state index contributed by atoms with van der Waals surface area (Å²) in [4.78, 5) is 19.1. The first-order chi connectivity index (χ1) is 16.4. The van der Waals surface area contributed by atoms with Gasteiger partial charge in [0.1, 0.15) is 11.6 Å². The van der Waals surface area contributed by atoms with Gasteiger partial charge in [0.25, 0.3) is 0 Å². The predicted octanol–water partition coefficient (Wildman–Crippen LogP) is 6.16. The zero-order valence-corrected chi connectivity index (χ0v) is 18.8. The molecule has 0 aliphatic heterocycles. The number of benzene rings is 3. The van der Waals surface area contributed by atoms with E-state index in [0.29, 0.717) is 18.1 Å². The first-order valence-electron chi connectivity index (χ1n) is 10.9. The highest BCUT2D eigenvalue weighted by Crippen LogP contribution is 2.23. The molecular formula is C26H24F2N4O2. The normalized spacial score (nSPS) is 11.8. The van der Waals surface area contributed by atoms with Crippen LogP contribution >= 0.6 is 0 Å². The van der Waals surface area contributed by atoms with Crippen LogP contribution in [-0.2, 0) is 6.42 Å². The van der Waals surface area contributed by atoms with Crippen LogP contribution in [0.3, 0.4) is 0 Å². The molecule has 0 aliphatic carbocycles. The van der Waals surface area contributed by atoms with E-state index in [-0.39, 0.29) is 18.3 Å². The molecule has 0 saturated heterocycles. The number of anilines is 1. The van der Waals surface area contributed by atoms with E-state index in [2.05, 4.69) is 15.5 Å². The van der Waals surface area contributed by atoms with Crippen molar-refractivity contribution in [3.8, 4) is 11.4 Å². The quantitative estimate of drug-likeness (QED) is 0.357. The number of nitrogens with one attached hydrogen (secondary N) is 1. The third-order valence-corrected chi connectivity index (χ3v) is 5.53. The molecule has 0 saturated carbocycles. The molecule has 1 N–H and O–H groups in total. The fourth-order valence-corrected chi connectivity index (χ4v) is 3.55. The summed E-state index contributed by atoms with van der Waals surface area (Å²) in [5.41, 5.74) is 2.76. The molecule has 1 heterocycles. The minimum Gasteiger partial charge on any atom is -0.339 e. The van der Waals surface area contributed by atoms with Gasteiger partial charge < -0.3 is 14.7 Å². The smallest absolute Gasteiger partial charge is 0.322 e. The number of halogens is 2. The van der Waals surface area contributed by atoms with Gasteiger partial charge in [0.05, 0.1) is 11.7 Å². The van der Waals surface area contributed by atoms with Crippen LogP contribution in [-0.4, -0.2) is 27.6 Å². The van der Waals surface area contributed by atoms with Crippen molar-refractivity contribution in [2.75, 3.05) is 11.9 Å². The maximum Gasteiger partial charge on any atom is 0.322 e. The fourth-order valence-electron chi connectivity index (χ4n) is 3.55. The molecule has 3 aromatic carbocycles. The number of amides is 2. The monoisotopic (exact) mass is 462 g/mol. The van der Waals surface area contributed by atoms with E-state index in [4.69, 9.17) is 4.52 Å². The molecule has 1 aromatic heterocycles. The van der Waals surface area contributed by atoms with Crippen LogP contribution < -0.4 is 5.32 Å². The van der Waals surface area contributed by atoms with Crippen molar-refractivity contribution in [1.82, 2.24) is 15.0 Å². The molecule has 0 aliphatic rings. The van der Waals surface area contributed by atoms with E-state index in [9.17, 15) is 13.6 Å². The van der Waals surface area contributed by atoms with Gasteiger partial charge in [-0.05, 0) is 31.5 Å². The molecule has 4 aromatic rings. The van der Waals surface area contributed by atoms with E-state index < -0.39 is 17.7 Å². The summed E-state index contributed by atoms with van der Waals surface area (Å²) >= 11 is 0. The van der Waals surface area contributed by atoms with Crippen LogP contribution in [0.15, 0.2) is 77.3 Å². The molecule has 1 unspecified atom stereocenters. The van der Waals surface area contributed by atoms with Crippen molar-refractivity contribution in [2.24, 2.45) is 0 Å². The molecule has 0 fully saturated rings. The second-order valence-electron chi connectivity index (χ2n) is 7.96. The van der Waals surface area contributed by atoms with Crippen molar-refractivity contribution in [3.63, 3.8) is 0 Å². The van der Waals surface area contributed by atoms with Crippen molar-refractivity contribution in [1.29, 1.82) is 0 Å². The SMILES string of the molecule is Cc1ccc(-c2noc(CCN(C(=O)Nc3ccc(F)cc3F)C(C)c3ccccc3)n2)cc1. The zero-order chi connectivity index (χ0) is 24.1. The van der Waals surface area contributed by atoms with E-state index >= 15 is 0 Å². The van der Waals surface area contributed by atoms with Gasteiger partial charge in [-0.3, -0.25) is 0 Å². The van der Waals surface area contributed by atoms with Crippen molar-refractivity contribution in [3.05, 3.63) is 101 Å². The summed E-state index contributed by atoms with van der Waals surface area (Å²) in [6, 6.07) is 19.4. The molecule has 0 bridgehead atoms. The lowest BCUT2D eigenvalue weighted by molar-refractivity contribution is 0.191. The van der Waals surface area contributed by atoms with Crippen LogP contribution in [0.2, 0.25) is 0 Å². The second-order valence-corrected chi connectivity index (χ2v) is 7.96. The average Bonchev–Trinajstić information content (AvgIpc) is 3.31. The maximum atomic E-state index is 14.1. The Labute approximate surface area is 196 Å². The maximum absolute atomic E-state index is 14.1. The number of aromatic nitrogens is 2. The lowest BCUT2D eigenvalue weighted by Gasteiger charge is -2.29. The molecule has 174 valence electrons. The Morgan fingerprint density at radius 3 is 2.50 bits per heavy atom. The summed E-state index contributed by atoms with van der Waals surface area (Å²) in [5, 5.41) is 6.58. The number of nitrogens with zero attached hydrogens (tertiary/aromatic N) is 3. The Morgan fingerprint density at radius 1 is 1.06 bits per heavy atom. The second kappa shape index (κ2) is 10.2. The van der Waals surface area contributed by atoms with Gasteiger partial charge in [-0.1, -0.05) is 65.3 Å². The lowest BCUT2D eigenvalue weighted by atomic mass is 10.1. The highest BCUT2D eigenvalue weighted by molar-refractivity contribution is 5.89. The van der Waals surface area contributed by atoms with Gasteiger partial charge in [-0.15, -0.1) is 0 Å². The first kappa shape index (κ1) is 23.1. The number of hydrogen-bond acceptors (Lipinski definition) is 4. The topological polar surface area (TPSA) is 71.3 Å². The van der Waals surface area contributed by atoms with Crippen molar-refractivity contribution < 1.29 is 18.1 Å². The Hall–Kier alpha value is -4.07. The Balaban J connectivity index is 1.52. The summed E-state index contributed by atoms with van der Waals surface area (Å²) in [6.07, 6.45) is 0.301. The minimum absolute atomic E-state index is 0.101. The number of rotatable bonds is 7. The van der Waals surface area contributed by atoms with Crippen molar-refractivity contribution in [2.45, 2.75) is 26.3 Å². The summed E-state index contributed by atoms with van der Waals surface area (Å²) in [7, 11) is 0. The molecule has 6 nitrogen and oxygen atoms in total. The molecule has 34 heavy (non-hydrogen) atoms. The molecule has 0 radical (unpaired) electrons. The third kappa shape index (κ3) is 5.46. The predicted molar refractivity (Wildman–Crippen MR) is 125 cm³/mol. The van der Waals surface area contributed by atoms with E-state index in [0.717, 1.165) is 28.8 Å². The Kier molecular flexibility index (Phi) is 6.96. The number of hydrogen-bond donors (Lipinski definition) is 1. The fraction of sp³-hybridized carbons (Fsp3) is 0.192. The van der Waals surface area contributed by atoms with Crippen LogP contribution in [0.1, 0.15) is 30.0 Å². The number of carbonyl (C=O) groups excluding carboxylic acids is 1. The third-order valence-electron chi connectivity index (χ3n) is 5.53. The lowest BCUT2D eigenvalue weighted by Crippen LogP contribution is -2.38. The average molecular weight is 463 g/mol. The van der Waals surface area contributed by atoms with Crippen LogP contribution in [0.4, 0.5) is 19.3 Å². The summed E-state index contributed by atoms with van der Waals surface area (Å²) < 4.78 is 32.8. The highest BCUT2D eigenvalue weighted by atomic mass is 19.1. The molecular weight excluding hydrogens is 438 g/mol. The number of aryl methyl sites for hydroxylation is 1. The van der Waals surface area contributed by atoms with Crippen LogP contribution in [0, 0.1) is 18.6 Å². The molecule has 1 atom stereocenters. The molecule has 8 heteroatoms. The summed E-state index contributed by atoms with van der Waals surface area (Å²) in [5.74, 6) is -0.719. The number of carbonyl (C=O) groups is 1. The zero-order valence-electron chi connectivity index (χ0n) is 18.8. The van der Waals surface area contributed by atoms with Gasteiger partial charge in [-0.2, -0.15) is 4.98 Å². The van der Waals surface area contributed by atoms with Gasteiger partial charge in [0.2, 0.25) is 11.7 Å². The van der Waals surface area contributed by atoms with Crippen LogP contribution in [0.5, 0.6) is 0 Å². The summed E-state index contributed by atoms with van der Waals surface area (Å²) in [6.45, 7) is 4.11. The Morgan fingerprint density at radius 2 is 1.79 bits per heavy atom. The van der Waals surface area contributed by atoms with Crippen molar-refractivity contribution >= 4 is 11.7 Å². The molecule has 4 rings (SSSR count). The van der Waals surface area contributed by atoms with E-state index in [1.54, 1.807) is 4.90 Å². The van der Waals surface area contributed by atoms with Gasteiger partial charge in [-0.25, -0.2) is 13.6 Å². The van der Waals surface area contributed by atoms with Gasteiger partial charge >= 0.3 is 6.03 Å². The van der Waals surface area contributed by atoms with Gasteiger partial charge in [0, 0.05) is 24.6 Å².